The Hall–Kier alpha value is -0.590. The molecule has 6 heteroatoms. The number of hydrogen-bond donors (Lipinski definition) is 1. The van der Waals surface area contributed by atoms with Gasteiger partial charge >= 0.3 is 5.97 Å². The predicted molar refractivity (Wildman–Crippen MR) is 80.8 cm³/mol. The molecule has 1 heterocycles. The zero-order valence-electron chi connectivity index (χ0n) is 11.8. The molecule has 0 aliphatic carbocycles. The normalized spacial score (nSPS) is 14.1. The fourth-order valence-corrected chi connectivity index (χ4v) is 3.61. The minimum Gasteiger partial charge on any atom is -0.468 e. The van der Waals surface area contributed by atoms with Crippen LogP contribution in [0.5, 0.6) is 0 Å². The quantitative estimate of drug-likeness (QED) is 0.432. The van der Waals surface area contributed by atoms with Crippen LogP contribution < -0.4 is 5.32 Å². The highest BCUT2D eigenvalue weighted by atomic mass is 32.2. The Morgan fingerprint density at radius 3 is 2.95 bits per heavy atom. The average Bonchev–Trinajstić information content (AvgIpc) is 2.91. The molecule has 1 unspecified atom stereocenters. The number of aromatic nitrogens is 1. The molecule has 0 bridgehead atoms. The van der Waals surface area contributed by atoms with Gasteiger partial charge in [-0.3, -0.25) is 4.79 Å². The molecule has 4 nitrogen and oxygen atoms in total. The molecule has 1 atom stereocenters. The van der Waals surface area contributed by atoms with Crippen LogP contribution in [0.25, 0.3) is 0 Å². The minimum absolute atomic E-state index is 0.179. The second kappa shape index (κ2) is 8.55. The van der Waals surface area contributed by atoms with Crippen LogP contribution in [0.1, 0.15) is 33.1 Å². The number of unbranched alkanes of at least 4 members (excludes halogenated alkanes) is 1. The molecule has 1 aromatic heterocycles. The van der Waals surface area contributed by atoms with Crippen molar-refractivity contribution in [3.8, 4) is 0 Å². The Bertz CT molecular complexity index is 371. The zero-order chi connectivity index (χ0) is 14.1. The number of ether oxygens (including phenoxy) is 1. The lowest BCUT2D eigenvalue weighted by atomic mass is 9.95. The van der Waals surface area contributed by atoms with E-state index >= 15 is 0 Å². The van der Waals surface area contributed by atoms with E-state index in [4.69, 9.17) is 4.74 Å². The van der Waals surface area contributed by atoms with Crippen molar-refractivity contribution in [1.29, 1.82) is 0 Å². The van der Waals surface area contributed by atoms with E-state index in [1.54, 1.807) is 23.1 Å². The van der Waals surface area contributed by atoms with E-state index in [0.29, 0.717) is 0 Å². The fourth-order valence-electron chi connectivity index (χ4n) is 1.90. The lowest BCUT2D eigenvalue weighted by Gasteiger charge is -2.27. The summed E-state index contributed by atoms with van der Waals surface area (Å²) in [7, 11) is 1.44. The molecule has 1 rings (SSSR count). The molecule has 0 spiro atoms. The molecule has 0 radical (unpaired) electrons. The summed E-state index contributed by atoms with van der Waals surface area (Å²) in [6.45, 7) is 4.68. The van der Waals surface area contributed by atoms with Crippen LogP contribution in [0.2, 0.25) is 0 Å². The molecule has 0 saturated carbocycles. The Labute approximate surface area is 123 Å². The van der Waals surface area contributed by atoms with Gasteiger partial charge in [0, 0.05) is 17.3 Å². The van der Waals surface area contributed by atoms with Gasteiger partial charge in [0.2, 0.25) is 0 Å². The summed E-state index contributed by atoms with van der Waals surface area (Å²) in [5.41, 5.74) is -0.560. The number of hydrogen-bond acceptors (Lipinski definition) is 6. The third kappa shape index (κ3) is 5.50. The van der Waals surface area contributed by atoms with Crippen molar-refractivity contribution in [1.82, 2.24) is 10.3 Å². The third-order valence-corrected chi connectivity index (χ3v) is 4.96. The van der Waals surface area contributed by atoms with Crippen molar-refractivity contribution in [2.45, 2.75) is 43.0 Å². The van der Waals surface area contributed by atoms with Crippen molar-refractivity contribution < 1.29 is 9.53 Å². The van der Waals surface area contributed by atoms with E-state index in [9.17, 15) is 4.79 Å². The molecule has 0 saturated heterocycles. The van der Waals surface area contributed by atoms with Gasteiger partial charge in [0.15, 0.2) is 0 Å². The van der Waals surface area contributed by atoms with Crippen LogP contribution in [0.4, 0.5) is 0 Å². The number of methoxy groups -OCH3 is 1. The van der Waals surface area contributed by atoms with Gasteiger partial charge in [-0.1, -0.05) is 25.1 Å². The average molecular weight is 302 g/mol. The van der Waals surface area contributed by atoms with Crippen molar-refractivity contribution >= 4 is 29.1 Å². The topological polar surface area (TPSA) is 51.2 Å². The van der Waals surface area contributed by atoms with Gasteiger partial charge in [-0.05, 0) is 26.3 Å². The Morgan fingerprint density at radius 2 is 2.37 bits per heavy atom. The van der Waals surface area contributed by atoms with E-state index < -0.39 is 5.54 Å². The van der Waals surface area contributed by atoms with Crippen molar-refractivity contribution in [2.75, 3.05) is 19.4 Å². The molecule has 1 N–H and O–H groups in total. The van der Waals surface area contributed by atoms with Crippen LogP contribution in [0, 0.1) is 0 Å². The first kappa shape index (κ1) is 16.5. The first-order valence-electron chi connectivity index (χ1n) is 6.48. The lowest BCUT2D eigenvalue weighted by Crippen LogP contribution is -2.50. The Balaban J connectivity index is 2.26. The number of carbonyl (C=O) groups is 1. The van der Waals surface area contributed by atoms with Gasteiger partial charge in [-0.15, -0.1) is 11.3 Å². The highest BCUT2D eigenvalue weighted by Crippen LogP contribution is 2.23. The molecule has 19 heavy (non-hydrogen) atoms. The first-order valence-corrected chi connectivity index (χ1v) is 8.34. The van der Waals surface area contributed by atoms with E-state index in [2.05, 4.69) is 10.3 Å². The number of rotatable bonds is 9. The second-order valence-electron chi connectivity index (χ2n) is 4.46. The predicted octanol–water partition coefficient (Wildman–Crippen LogP) is 2.95. The fraction of sp³-hybridized carbons (Fsp3) is 0.692. The van der Waals surface area contributed by atoms with E-state index in [1.165, 1.54) is 7.11 Å². The molecule has 0 amide bonds. The second-order valence-corrected chi connectivity index (χ2v) is 6.69. The Kier molecular flexibility index (Phi) is 7.41. The summed E-state index contributed by atoms with van der Waals surface area (Å²) in [5.74, 6) is 0.860. The molecule has 0 aromatic carbocycles. The van der Waals surface area contributed by atoms with E-state index in [1.807, 2.05) is 25.4 Å². The zero-order valence-corrected chi connectivity index (χ0v) is 13.4. The molecule has 0 aliphatic rings. The molecule has 0 aliphatic heterocycles. The summed E-state index contributed by atoms with van der Waals surface area (Å²) >= 11 is 3.44. The Morgan fingerprint density at radius 1 is 1.58 bits per heavy atom. The van der Waals surface area contributed by atoms with Gasteiger partial charge in [0.05, 0.1) is 7.11 Å². The summed E-state index contributed by atoms with van der Waals surface area (Å²) in [5, 5.41) is 5.21. The van der Waals surface area contributed by atoms with Crippen molar-refractivity contribution in [3.63, 3.8) is 0 Å². The number of likely N-dealkylation sites (N-methyl/N-ethyl adjacent to an activating group) is 1. The summed E-state index contributed by atoms with van der Waals surface area (Å²) < 4.78 is 5.98. The number of nitrogens with zero attached hydrogens (tertiary/aromatic N) is 1. The van der Waals surface area contributed by atoms with Gasteiger partial charge in [-0.2, -0.15) is 0 Å². The maximum atomic E-state index is 11.8. The van der Waals surface area contributed by atoms with Crippen molar-refractivity contribution in [3.05, 3.63) is 11.6 Å². The maximum absolute atomic E-state index is 11.8. The van der Waals surface area contributed by atoms with E-state index in [0.717, 1.165) is 35.9 Å². The van der Waals surface area contributed by atoms with Gasteiger partial charge in [0.1, 0.15) is 9.88 Å². The van der Waals surface area contributed by atoms with Crippen LogP contribution in [-0.2, 0) is 9.53 Å². The third-order valence-electron chi connectivity index (χ3n) is 2.91. The number of thiazole rings is 1. The summed E-state index contributed by atoms with van der Waals surface area (Å²) in [6, 6.07) is 0. The standard InChI is InChI=1S/C13H22N2O2S2/c1-4-15-13(2,11(16)17-3)7-5-6-9-18-12-14-8-10-19-12/h8,10,15H,4-7,9H2,1-3H3. The monoisotopic (exact) mass is 302 g/mol. The molecule has 108 valence electrons. The largest absolute Gasteiger partial charge is 0.468 e. The number of esters is 1. The molecule has 1 aromatic rings. The number of carbonyl (C=O) groups excluding carboxylic acids is 1. The molecular weight excluding hydrogens is 280 g/mol. The highest BCUT2D eigenvalue weighted by Gasteiger charge is 2.32. The van der Waals surface area contributed by atoms with Gasteiger partial charge in [-0.25, -0.2) is 4.98 Å². The van der Waals surface area contributed by atoms with Gasteiger partial charge < -0.3 is 10.1 Å². The molecule has 0 fully saturated rings. The molecular formula is C13H22N2O2S2. The van der Waals surface area contributed by atoms with Crippen LogP contribution in [0.3, 0.4) is 0 Å². The lowest BCUT2D eigenvalue weighted by molar-refractivity contribution is -0.148. The van der Waals surface area contributed by atoms with Crippen LogP contribution in [-0.4, -0.2) is 35.9 Å². The summed E-state index contributed by atoms with van der Waals surface area (Å²) in [6.07, 6.45) is 4.69. The summed E-state index contributed by atoms with van der Waals surface area (Å²) in [4.78, 5) is 16.0. The van der Waals surface area contributed by atoms with Crippen LogP contribution in [0.15, 0.2) is 15.9 Å². The van der Waals surface area contributed by atoms with E-state index in [-0.39, 0.29) is 5.97 Å². The van der Waals surface area contributed by atoms with Gasteiger partial charge in [0.25, 0.3) is 0 Å². The highest BCUT2D eigenvalue weighted by molar-refractivity contribution is 8.00. The first-order chi connectivity index (χ1) is 9.12. The SMILES string of the molecule is CCNC(C)(CCCCSc1nccs1)C(=O)OC. The number of nitrogens with one attached hydrogen (secondary N) is 1. The van der Waals surface area contributed by atoms with Crippen molar-refractivity contribution in [2.24, 2.45) is 0 Å². The smallest absolute Gasteiger partial charge is 0.325 e. The minimum atomic E-state index is -0.560. The number of thioether (sulfide) groups is 1. The maximum Gasteiger partial charge on any atom is 0.325 e. The van der Waals surface area contributed by atoms with Crippen LogP contribution >= 0.6 is 23.1 Å².